The molecule has 0 amide bonds. The van der Waals surface area contributed by atoms with Crippen molar-refractivity contribution in [2.75, 3.05) is 0 Å². The fourth-order valence-corrected chi connectivity index (χ4v) is 3.21. The van der Waals surface area contributed by atoms with Crippen LogP contribution >= 0.6 is 0 Å². The van der Waals surface area contributed by atoms with Gasteiger partial charge in [0.2, 0.25) is 0 Å². The molecule has 0 N–H and O–H groups in total. The van der Waals surface area contributed by atoms with Crippen LogP contribution in [-0.4, -0.2) is 11.9 Å². The van der Waals surface area contributed by atoms with Crippen LogP contribution in [0.3, 0.4) is 0 Å². The summed E-state index contributed by atoms with van der Waals surface area (Å²) < 4.78 is 0. The molecule has 0 aliphatic rings. The van der Waals surface area contributed by atoms with Crippen LogP contribution in [0.1, 0.15) is 34.2 Å². The molecule has 0 atom stereocenters. The quantitative estimate of drug-likeness (QED) is 0.448. The molecule has 0 fully saturated rings. The molecule has 0 saturated carbocycles. The van der Waals surface area contributed by atoms with E-state index < -0.39 is 0 Å². The summed E-state index contributed by atoms with van der Waals surface area (Å²) in [5.41, 5.74) is 9.04. The number of hydrogen-bond acceptors (Lipinski definition) is 2. The van der Waals surface area contributed by atoms with Crippen molar-refractivity contribution in [2.24, 2.45) is 9.98 Å². The third kappa shape index (κ3) is 4.59. The van der Waals surface area contributed by atoms with Crippen LogP contribution in [0.2, 0.25) is 0 Å². The average Bonchev–Trinajstić information content (AvgIpc) is 2.66. The number of aryl methyl sites for hydroxylation is 4. The minimum atomic E-state index is 0.686. The van der Waals surface area contributed by atoms with Gasteiger partial charge < -0.3 is 0 Å². The molecule has 0 aliphatic carbocycles. The Kier molecular flexibility index (Phi) is 5.97. The van der Waals surface area contributed by atoms with Crippen molar-refractivity contribution < 1.29 is 0 Å². The van der Waals surface area contributed by atoms with Gasteiger partial charge in [-0.05, 0) is 55.5 Å². The SMILES string of the molecule is Cc1cccc(C)c1N=CCC(=Nc1c(C)cccc1C)c1ccccc1. The van der Waals surface area contributed by atoms with E-state index in [1.807, 2.05) is 12.3 Å². The number of nitrogens with zero attached hydrogens (tertiary/aromatic N) is 2. The van der Waals surface area contributed by atoms with E-state index in [-0.39, 0.29) is 0 Å². The molecule has 2 nitrogen and oxygen atoms in total. The van der Waals surface area contributed by atoms with Crippen molar-refractivity contribution in [1.82, 2.24) is 0 Å². The van der Waals surface area contributed by atoms with Gasteiger partial charge in [0.1, 0.15) is 0 Å². The smallest absolute Gasteiger partial charge is 0.0691 e. The van der Waals surface area contributed by atoms with Crippen molar-refractivity contribution in [1.29, 1.82) is 0 Å². The molecular weight excluding hydrogens is 328 g/mol. The first-order valence-corrected chi connectivity index (χ1v) is 9.34. The van der Waals surface area contributed by atoms with E-state index in [0.29, 0.717) is 6.42 Å². The van der Waals surface area contributed by atoms with Gasteiger partial charge >= 0.3 is 0 Å². The van der Waals surface area contributed by atoms with Gasteiger partial charge in [0.25, 0.3) is 0 Å². The number of aliphatic imine (C=N–C) groups is 2. The van der Waals surface area contributed by atoms with Gasteiger partial charge in [-0.25, -0.2) is 0 Å². The first kappa shape index (κ1) is 18.8. The molecule has 0 aromatic heterocycles. The van der Waals surface area contributed by atoms with Crippen LogP contribution in [0.15, 0.2) is 76.7 Å². The minimum Gasteiger partial charge on any atom is -0.260 e. The fraction of sp³-hybridized carbons (Fsp3) is 0.200. The number of hydrogen-bond donors (Lipinski definition) is 0. The van der Waals surface area contributed by atoms with Gasteiger partial charge in [0, 0.05) is 12.6 Å². The second kappa shape index (κ2) is 8.59. The average molecular weight is 354 g/mol. The monoisotopic (exact) mass is 354 g/mol. The Hall–Kier alpha value is -3.00. The summed E-state index contributed by atoms with van der Waals surface area (Å²) in [6.45, 7) is 8.42. The summed E-state index contributed by atoms with van der Waals surface area (Å²) in [5, 5.41) is 0. The molecule has 0 radical (unpaired) electrons. The van der Waals surface area contributed by atoms with E-state index in [1.165, 1.54) is 22.3 Å². The largest absolute Gasteiger partial charge is 0.260 e. The summed E-state index contributed by atoms with van der Waals surface area (Å²) in [5.74, 6) is 0. The van der Waals surface area contributed by atoms with Crippen molar-refractivity contribution >= 4 is 23.3 Å². The van der Waals surface area contributed by atoms with Gasteiger partial charge in [0.15, 0.2) is 0 Å². The van der Waals surface area contributed by atoms with Crippen LogP contribution in [0.4, 0.5) is 11.4 Å². The predicted octanol–water partition coefficient (Wildman–Crippen LogP) is 6.83. The fourth-order valence-electron chi connectivity index (χ4n) is 3.21. The van der Waals surface area contributed by atoms with Crippen molar-refractivity contribution in [2.45, 2.75) is 34.1 Å². The normalized spacial score (nSPS) is 11.9. The molecule has 0 aliphatic heterocycles. The topological polar surface area (TPSA) is 24.7 Å². The summed E-state index contributed by atoms with van der Waals surface area (Å²) in [4.78, 5) is 9.78. The Morgan fingerprint density at radius 3 is 1.74 bits per heavy atom. The molecular formula is C25H26N2. The lowest BCUT2D eigenvalue weighted by atomic mass is 10.1. The molecule has 3 aromatic rings. The summed E-state index contributed by atoms with van der Waals surface area (Å²) in [7, 11) is 0. The predicted molar refractivity (Wildman–Crippen MR) is 117 cm³/mol. The number of para-hydroxylation sites is 2. The molecule has 3 aromatic carbocycles. The Balaban J connectivity index is 1.97. The van der Waals surface area contributed by atoms with Crippen LogP contribution in [0.25, 0.3) is 0 Å². The van der Waals surface area contributed by atoms with Crippen molar-refractivity contribution in [3.05, 3.63) is 94.5 Å². The van der Waals surface area contributed by atoms with E-state index in [2.05, 4.69) is 88.4 Å². The van der Waals surface area contributed by atoms with Crippen LogP contribution in [-0.2, 0) is 0 Å². The molecule has 136 valence electrons. The van der Waals surface area contributed by atoms with Gasteiger partial charge in [0.05, 0.1) is 17.1 Å². The van der Waals surface area contributed by atoms with E-state index in [1.54, 1.807) is 0 Å². The van der Waals surface area contributed by atoms with Crippen LogP contribution < -0.4 is 0 Å². The zero-order chi connectivity index (χ0) is 19.2. The maximum Gasteiger partial charge on any atom is 0.0691 e. The number of rotatable bonds is 5. The highest BCUT2D eigenvalue weighted by atomic mass is 14.8. The Labute approximate surface area is 162 Å². The molecule has 2 heteroatoms. The zero-order valence-electron chi connectivity index (χ0n) is 16.5. The second-order valence-electron chi connectivity index (χ2n) is 6.92. The van der Waals surface area contributed by atoms with Gasteiger partial charge in [-0.2, -0.15) is 0 Å². The molecule has 0 heterocycles. The maximum absolute atomic E-state index is 5.03. The van der Waals surface area contributed by atoms with Crippen molar-refractivity contribution in [3.63, 3.8) is 0 Å². The maximum atomic E-state index is 5.03. The molecule has 0 spiro atoms. The molecule has 0 saturated heterocycles. The highest BCUT2D eigenvalue weighted by molar-refractivity contribution is 6.08. The Morgan fingerprint density at radius 1 is 0.667 bits per heavy atom. The first-order chi connectivity index (χ1) is 13.1. The molecule has 3 rings (SSSR count). The van der Waals surface area contributed by atoms with Crippen molar-refractivity contribution in [3.8, 4) is 0 Å². The molecule has 0 bridgehead atoms. The van der Waals surface area contributed by atoms with Crippen LogP contribution in [0, 0.1) is 27.7 Å². The van der Waals surface area contributed by atoms with Crippen LogP contribution in [0.5, 0.6) is 0 Å². The third-order valence-electron chi connectivity index (χ3n) is 4.74. The Bertz CT molecular complexity index is 942. The zero-order valence-corrected chi connectivity index (χ0v) is 16.5. The van der Waals surface area contributed by atoms with E-state index >= 15 is 0 Å². The summed E-state index contributed by atoms with van der Waals surface area (Å²) in [6.07, 6.45) is 2.67. The van der Waals surface area contributed by atoms with E-state index in [0.717, 1.165) is 22.6 Å². The lowest BCUT2D eigenvalue weighted by molar-refractivity contribution is 1.30. The number of benzene rings is 3. The Morgan fingerprint density at radius 2 is 1.19 bits per heavy atom. The third-order valence-corrected chi connectivity index (χ3v) is 4.74. The van der Waals surface area contributed by atoms with Gasteiger partial charge in [-0.3, -0.25) is 9.98 Å². The summed E-state index contributed by atoms with van der Waals surface area (Å²) in [6, 6.07) is 22.9. The second-order valence-corrected chi connectivity index (χ2v) is 6.92. The highest BCUT2D eigenvalue weighted by Crippen LogP contribution is 2.25. The lowest BCUT2D eigenvalue weighted by Gasteiger charge is -2.09. The summed E-state index contributed by atoms with van der Waals surface area (Å²) >= 11 is 0. The van der Waals surface area contributed by atoms with Gasteiger partial charge in [-0.1, -0.05) is 66.7 Å². The van der Waals surface area contributed by atoms with E-state index in [4.69, 9.17) is 9.98 Å². The lowest BCUT2D eigenvalue weighted by Crippen LogP contribution is -2.02. The molecule has 0 unspecified atom stereocenters. The minimum absolute atomic E-state index is 0.686. The standard InChI is InChI=1S/C25H26N2/c1-18-10-8-11-19(2)24(18)26-17-16-23(22-14-6-5-7-15-22)27-25-20(3)12-9-13-21(25)4/h5-15,17H,16H2,1-4H3. The highest BCUT2D eigenvalue weighted by Gasteiger charge is 2.06. The molecule has 27 heavy (non-hydrogen) atoms. The van der Waals surface area contributed by atoms with Gasteiger partial charge in [-0.15, -0.1) is 0 Å². The van der Waals surface area contributed by atoms with E-state index in [9.17, 15) is 0 Å². The first-order valence-electron chi connectivity index (χ1n) is 9.34.